The molecule has 0 N–H and O–H groups in total. The lowest BCUT2D eigenvalue weighted by molar-refractivity contribution is 0.100. The largest absolute Gasteiger partial charge is 0.290 e. The van der Waals surface area contributed by atoms with E-state index in [9.17, 15) is 13.2 Å². The summed E-state index contributed by atoms with van der Waals surface area (Å²) < 4.78 is 21.5. The maximum atomic E-state index is 12.0. The van der Waals surface area contributed by atoms with E-state index in [-0.39, 0.29) is 11.3 Å². The van der Waals surface area contributed by atoms with Crippen LogP contribution in [0.25, 0.3) is 0 Å². The SMILES string of the molecule is CCS(=O)(=O)C(Cl)(I)C(=O)c1cccc(Cl)c1. The van der Waals surface area contributed by atoms with Crippen LogP contribution in [0.3, 0.4) is 0 Å². The number of hydrogen-bond acceptors (Lipinski definition) is 3. The van der Waals surface area contributed by atoms with Crippen LogP contribution in [0.5, 0.6) is 0 Å². The predicted molar refractivity (Wildman–Crippen MR) is 77.8 cm³/mol. The predicted octanol–water partition coefficient (Wildman–Crippen LogP) is 3.29. The topological polar surface area (TPSA) is 51.2 Å². The summed E-state index contributed by atoms with van der Waals surface area (Å²) in [5, 5.41) is 0.355. The molecule has 0 radical (unpaired) electrons. The quantitative estimate of drug-likeness (QED) is 0.438. The first-order chi connectivity index (χ1) is 7.72. The highest BCUT2D eigenvalue weighted by atomic mass is 127. The molecular weight excluding hydrogens is 398 g/mol. The molecule has 0 heterocycles. The monoisotopic (exact) mass is 406 g/mol. The van der Waals surface area contributed by atoms with Crippen LogP contribution in [-0.4, -0.2) is 22.2 Å². The molecule has 0 saturated heterocycles. The summed E-state index contributed by atoms with van der Waals surface area (Å²) in [6, 6.07) is 6.04. The number of ketones is 1. The summed E-state index contributed by atoms with van der Waals surface area (Å²) in [6.07, 6.45) is 0. The van der Waals surface area contributed by atoms with Gasteiger partial charge in [-0.3, -0.25) is 4.79 Å². The first-order valence-electron chi connectivity index (χ1n) is 4.63. The van der Waals surface area contributed by atoms with Crippen LogP contribution in [0.2, 0.25) is 5.02 Å². The van der Waals surface area contributed by atoms with Gasteiger partial charge in [-0.15, -0.1) is 0 Å². The van der Waals surface area contributed by atoms with E-state index in [0.29, 0.717) is 5.02 Å². The lowest BCUT2D eigenvalue weighted by Crippen LogP contribution is -2.36. The Morgan fingerprint density at radius 2 is 2.06 bits per heavy atom. The first kappa shape index (κ1) is 15.2. The molecule has 0 bridgehead atoms. The normalized spacial score (nSPS) is 15.3. The van der Waals surface area contributed by atoms with Gasteiger partial charge in [-0.1, -0.05) is 42.3 Å². The molecule has 0 amide bonds. The fraction of sp³-hybridized carbons (Fsp3) is 0.300. The number of halogens is 3. The van der Waals surface area contributed by atoms with Crippen molar-refractivity contribution in [3.63, 3.8) is 0 Å². The number of Topliss-reactive ketones (excluding diaryl/α,β-unsaturated/α-hetero) is 1. The van der Waals surface area contributed by atoms with Gasteiger partial charge in [0.1, 0.15) is 0 Å². The molecule has 0 aliphatic carbocycles. The minimum Gasteiger partial charge on any atom is -0.290 e. The number of alkyl halides is 2. The van der Waals surface area contributed by atoms with Gasteiger partial charge in [0.05, 0.1) is 5.75 Å². The van der Waals surface area contributed by atoms with Gasteiger partial charge in [-0.2, -0.15) is 0 Å². The van der Waals surface area contributed by atoms with E-state index in [1.807, 2.05) is 0 Å². The van der Waals surface area contributed by atoms with Crippen molar-refractivity contribution in [3.8, 4) is 0 Å². The Kier molecular flexibility index (Phi) is 4.85. The standard InChI is InChI=1S/C10H9Cl2IO3S/c1-2-17(15,16)10(12,13)9(14)7-4-3-5-8(11)6-7/h3-6H,2H2,1H3. The van der Waals surface area contributed by atoms with Crippen LogP contribution < -0.4 is 0 Å². The summed E-state index contributed by atoms with van der Waals surface area (Å²) in [5.41, 5.74) is 0.180. The van der Waals surface area contributed by atoms with Gasteiger partial charge in [-0.25, -0.2) is 8.42 Å². The van der Waals surface area contributed by atoms with Crippen molar-refractivity contribution in [3.05, 3.63) is 34.9 Å². The second kappa shape index (κ2) is 5.42. The third-order valence-electron chi connectivity index (χ3n) is 2.12. The Hall–Kier alpha value is 0.150. The molecule has 3 nitrogen and oxygen atoms in total. The van der Waals surface area contributed by atoms with Gasteiger partial charge in [0.2, 0.25) is 5.78 Å². The lowest BCUT2D eigenvalue weighted by atomic mass is 10.1. The van der Waals surface area contributed by atoms with Gasteiger partial charge in [0.15, 0.2) is 9.84 Å². The van der Waals surface area contributed by atoms with Crippen LogP contribution in [0, 0.1) is 0 Å². The Labute approximate surface area is 124 Å². The molecule has 94 valence electrons. The number of rotatable bonds is 4. The zero-order chi connectivity index (χ0) is 13.3. The first-order valence-corrected chi connectivity index (χ1v) is 8.11. The molecule has 7 heteroatoms. The maximum Gasteiger partial charge on any atom is 0.257 e. The van der Waals surface area contributed by atoms with Gasteiger partial charge in [0, 0.05) is 10.6 Å². The summed E-state index contributed by atoms with van der Waals surface area (Å²) >= 11 is 13.1. The fourth-order valence-corrected chi connectivity index (χ4v) is 3.76. The van der Waals surface area contributed by atoms with Crippen LogP contribution in [0.1, 0.15) is 17.3 Å². The van der Waals surface area contributed by atoms with E-state index < -0.39 is 17.8 Å². The smallest absolute Gasteiger partial charge is 0.257 e. The average Bonchev–Trinajstić information content (AvgIpc) is 2.27. The van der Waals surface area contributed by atoms with Crippen molar-refractivity contribution >= 4 is 61.4 Å². The molecule has 0 aliphatic rings. The van der Waals surface area contributed by atoms with Gasteiger partial charge < -0.3 is 0 Å². The second-order valence-corrected chi connectivity index (χ2v) is 9.89. The molecule has 1 atom stereocenters. The molecular formula is C10H9Cl2IO3S. The molecule has 0 aromatic heterocycles. The minimum absolute atomic E-state index is 0.180. The number of carbonyl (C=O) groups is 1. The van der Waals surface area contributed by atoms with Crippen molar-refractivity contribution in [1.82, 2.24) is 0 Å². The van der Waals surface area contributed by atoms with E-state index in [4.69, 9.17) is 23.2 Å². The van der Waals surface area contributed by atoms with Gasteiger partial charge in [-0.05, 0) is 34.7 Å². The van der Waals surface area contributed by atoms with Crippen LogP contribution in [0.15, 0.2) is 24.3 Å². The molecule has 1 aromatic rings. The highest BCUT2D eigenvalue weighted by Crippen LogP contribution is 2.35. The molecule has 17 heavy (non-hydrogen) atoms. The highest BCUT2D eigenvalue weighted by Gasteiger charge is 2.45. The number of carbonyl (C=O) groups excluding carboxylic acids is 1. The van der Waals surface area contributed by atoms with Crippen molar-refractivity contribution in [1.29, 1.82) is 0 Å². The van der Waals surface area contributed by atoms with Gasteiger partial charge in [0.25, 0.3) is 2.21 Å². The molecule has 1 rings (SSSR count). The zero-order valence-electron chi connectivity index (χ0n) is 8.78. The molecule has 0 spiro atoms. The molecule has 0 fully saturated rings. The molecule has 0 aliphatic heterocycles. The van der Waals surface area contributed by atoms with E-state index in [1.165, 1.54) is 41.6 Å². The number of hydrogen-bond donors (Lipinski definition) is 0. The van der Waals surface area contributed by atoms with Crippen LogP contribution >= 0.6 is 45.8 Å². The third-order valence-corrected chi connectivity index (χ3v) is 7.46. The number of benzene rings is 1. The zero-order valence-corrected chi connectivity index (χ0v) is 13.3. The van der Waals surface area contributed by atoms with Crippen molar-refractivity contribution in [2.75, 3.05) is 5.75 Å². The molecule has 1 unspecified atom stereocenters. The summed E-state index contributed by atoms with van der Waals surface area (Å²) in [5.74, 6) is -0.879. The minimum atomic E-state index is -3.70. The second-order valence-electron chi connectivity index (χ2n) is 3.26. The van der Waals surface area contributed by atoms with E-state index in [1.54, 1.807) is 12.1 Å². The molecule has 0 saturated carbocycles. The van der Waals surface area contributed by atoms with E-state index >= 15 is 0 Å². The fourth-order valence-electron chi connectivity index (χ4n) is 1.12. The Morgan fingerprint density at radius 1 is 1.47 bits per heavy atom. The Balaban J connectivity index is 3.23. The highest BCUT2D eigenvalue weighted by molar-refractivity contribution is 14.1. The van der Waals surface area contributed by atoms with Crippen molar-refractivity contribution in [2.45, 2.75) is 9.14 Å². The number of sulfone groups is 1. The van der Waals surface area contributed by atoms with Crippen molar-refractivity contribution < 1.29 is 13.2 Å². The van der Waals surface area contributed by atoms with Crippen molar-refractivity contribution in [2.24, 2.45) is 0 Å². The summed E-state index contributed by atoms with van der Waals surface area (Å²) in [6.45, 7) is 1.44. The maximum absolute atomic E-state index is 12.0. The lowest BCUT2D eigenvalue weighted by Gasteiger charge is -2.18. The molecule has 1 aromatic carbocycles. The van der Waals surface area contributed by atoms with E-state index in [2.05, 4.69) is 0 Å². The van der Waals surface area contributed by atoms with Gasteiger partial charge >= 0.3 is 0 Å². The third kappa shape index (κ3) is 3.13. The van der Waals surface area contributed by atoms with E-state index in [0.717, 1.165) is 0 Å². The Morgan fingerprint density at radius 3 is 2.53 bits per heavy atom. The summed E-state index contributed by atoms with van der Waals surface area (Å²) in [7, 11) is -3.70. The van der Waals surface area contributed by atoms with Crippen LogP contribution in [0.4, 0.5) is 0 Å². The Bertz CT molecular complexity index is 540. The summed E-state index contributed by atoms with van der Waals surface area (Å²) in [4.78, 5) is 12.0. The van der Waals surface area contributed by atoms with Crippen LogP contribution in [-0.2, 0) is 9.84 Å². The average molecular weight is 407 g/mol.